The van der Waals surface area contributed by atoms with E-state index in [4.69, 9.17) is 29.9 Å². The molecule has 2 aliphatic rings. The zero-order valence-electron chi connectivity index (χ0n) is 89.0. The van der Waals surface area contributed by atoms with E-state index in [-0.39, 0.29) is 49.2 Å². The summed E-state index contributed by atoms with van der Waals surface area (Å²) in [4.78, 5) is 39.0. The highest BCUT2D eigenvalue weighted by molar-refractivity contribution is 7.00. The summed E-state index contributed by atoms with van der Waals surface area (Å²) in [5.41, 5.74) is 23.8. The molecule has 11 heteroatoms. The van der Waals surface area contributed by atoms with Crippen LogP contribution in [0.2, 0.25) is 0 Å². The van der Waals surface area contributed by atoms with Crippen LogP contribution in [-0.2, 0) is 32.5 Å². The molecule has 10 nitrogen and oxygen atoms in total. The highest BCUT2D eigenvalue weighted by atomic mass is 15.2. The third-order valence-corrected chi connectivity index (χ3v) is 27.5. The van der Waals surface area contributed by atoms with E-state index >= 15 is 0 Å². The van der Waals surface area contributed by atoms with Gasteiger partial charge in [0.2, 0.25) is 0 Å². The van der Waals surface area contributed by atoms with Crippen molar-refractivity contribution in [1.29, 1.82) is 0 Å². The topological polar surface area (TPSA) is 93.7 Å². The van der Waals surface area contributed by atoms with Gasteiger partial charge in [0.1, 0.15) is 0 Å². The summed E-state index contributed by atoms with van der Waals surface area (Å²) >= 11 is 0. The van der Waals surface area contributed by atoms with Crippen molar-refractivity contribution in [3.63, 3.8) is 0 Å². The first-order valence-electron chi connectivity index (χ1n) is 51.6. The van der Waals surface area contributed by atoms with E-state index in [0.29, 0.717) is 68.8 Å². The van der Waals surface area contributed by atoms with Gasteiger partial charge in [-0.3, -0.25) is 0 Å². The first-order chi connectivity index (χ1) is 69.0. The molecule has 4 aromatic heterocycles. The molecule has 20 aromatic rings. The molecule has 0 N–H and O–H groups in total. The Balaban J connectivity index is 1.00. The van der Waals surface area contributed by atoms with Gasteiger partial charge in [0.25, 0.3) is 6.71 Å². The quantitative estimate of drug-likeness (QED) is 0.105. The Morgan fingerprint density at radius 1 is 0.226 bits per heavy atom. The summed E-state index contributed by atoms with van der Waals surface area (Å²) in [7, 11) is 0. The Hall–Kier alpha value is -15.2. The molecule has 0 atom stereocenters. The Morgan fingerprint density at radius 3 is 0.912 bits per heavy atom. The molecule has 6 heterocycles. The van der Waals surface area contributed by atoms with E-state index in [1.54, 1.807) is 4.57 Å². The first kappa shape index (κ1) is 78.2. The molecule has 0 saturated heterocycles. The maximum Gasteiger partial charge on any atom is 0.252 e. The van der Waals surface area contributed by atoms with Crippen molar-refractivity contribution in [2.75, 3.05) is 9.80 Å². The molecule has 16 aromatic carbocycles. The number of hydrogen-bond donors (Lipinski definition) is 0. The number of aromatic nitrogens is 8. The Labute approximate surface area is 816 Å². The normalized spacial score (nSPS) is 13.8. The lowest BCUT2D eigenvalue weighted by molar-refractivity contribution is 0.569. The van der Waals surface area contributed by atoms with E-state index in [1.807, 2.05) is 133 Å². The van der Waals surface area contributed by atoms with Crippen molar-refractivity contribution in [3.8, 4) is 113 Å². The van der Waals surface area contributed by atoms with Crippen LogP contribution in [0.3, 0.4) is 0 Å². The van der Waals surface area contributed by atoms with E-state index in [1.165, 1.54) is 11.1 Å². The van der Waals surface area contributed by atoms with Crippen LogP contribution in [0.1, 0.15) is 169 Å². The fourth-order valence-corrected chi connectivity index (χ4v) is 20.0. The van der Waals surface area contributed by atoms with E-state index in [2.05, 4.69) is 315 Å². The third kappa shape index (κ3) is 15.6. The van der Waals surface area contributed by atoms with Gasteiger partial charge in [0, 0.05) is 94.5 Å². The van der Waals surface area contributed by atoms with Gasteiger partial charge in [0.15, 0.2) is 34.9 Å². The van der Waals surface area contributed by atoms with Gasteiger partial charge < -0.3 is 18.9 Å². The summed E-state index contributed by atoms with van der Waals surface area (Å²) in [5, 5.41) is 2.05. The van der Waals surface area contributed by atoms with Crippen LogP contribution in [0.5, 0.6) is 0 Å². The number of benzene rings is 16. The largest absolute Gasteiger partial charge is 0.310 e. The molecule has 0 fully saturated rings. The molecule has 0 bridgehead atoms. The lowest BCUT2D eigenvalue weighted by Crippen LogP contribution is -2.61. The van der Waals surface area contributed by atoms with Crippen LogP contribution < -0.4 is 26.2 Å². The minimum atomic E-state index is -0.728. The molecule has 2 aliphatic heterocycles. The van der Waals surface area contributed by atoms with E-state index in [9.17, 15) is 11.0 Å². The first-order valence-corrected chi connectivity index (χ1v) is 47.6. The standard InChI is InChI=1S/C126H113BN10/c1-121(2,3)86-58-63-106-98(69-86)99-70-87(122(4,5)6)59-64-107(99)134(106)92-60-62-103-109(75-92)137(114-97(79-43-27-20-28-44-79)72-91(126(16,17)18)74-101(114)120-132-117(82-49-33-23-34-50-82)129-118(133-120)83-51-35-24-36-52-83)111-77-93(135-104-55-39-37-53-94(104)95-54-38-40-56-105(95)135)76-110-112(111)127(103)102-61-57-84(85-65-88(123(7,8)9)68-89(66-85)124(10,11)12)67-108(102)136(110)113-96(78-41-25-19-26-42-78)71-90(125(13,14)15)73-100(113)119-130-115(80-45-29-21-30-46-80)128-116(131-119)81-47-31-22-32-48-81/h19-77H,1-18H3/i37D,38D,39D,40D,53D,54D,55D,56D. The average Bonchev–Trinajstić information content (AvgIpc) is 1.66. The van der Waals surface area contributed by atoms with Crippen LogP contribution >= 0.6 is 0 Å². The molecule has 0 saturated carbocycles. The van der Waals surface area contributed by atoms with Crippen molar-refractivity contribution in [2.45, 2.75) is 157 Å². The number of para-hydroxylation sites is 2. The predicted octanol–water partition coefficient (Wildman–Crippen LogP) is 31.1. The molecule has 22 rings (SSSR count). The summed E-state index contributed by atoms with van der Waals surface area (Å²) < 4.78 is 85.1. The second kappa shape index (κ2) is 32.8. The SMILES string of the molecule is [2H]c1c([2H])c([2H])c2c(c1[2H])c1c([2H])c([2H])c([2H])c([2H])c1n2-c1cc2c3c(c1)N(c1c(-c4ccccc4)cc(C(C)(C)C)cc1-c1nc(-c4ccccc4)nc(-c4ccccc4)n1)c1cc(-n4c5ccc(C(C)(C)C)cc5c5cc(C(C)(C)C)ccc54)ccc1B3c1ccc(-c3cc(C(C)(C)C)cc(C(C)(C)C)c3)cc1N2c1c(-c2ccccc2)cc(C(C)(C)C)cc1-c1nc(-c2ccccc2)nc(-c2ccccc2)n1. The van der Waals surface area contributed by atoms with E-state index in [0.717, 1.165) is 133 Å². The van der Waals surface area contributed by atoms with Gasteiger partial charge in [-0.2, -0.15) is 0 Å². The van der Waals surface area contributed by atoms with Crippen LogP contribution in [0.4, 0.5) is 34.1 Å². The van der Waals surface area contributed by atoms with Crippen molar-refractivity contribution in [1.82, 2.24) is 39.0 Å². The summed E-state index contributed by atoms with van der Waals surface area (Å²) in [6.45, 7) is 39.9. The monoisotopic (exact) mass is 1780 g/mol. The number of rotatable bonds is 13. The Kier molecular flexibility index (Phi) is 18.7. The second-order valence-electron chi connectivity index (χ2n) is 43.0. The van der Waals surface area contributed by atoms with Gasteiger partial charge >= 0.3 is 0 Å². The van der Waals surface area contributed by atoms with Gasteiger partial charge in [-0.25, -0.2) is 29.9 Å². The second-order valence-corrected chi connectivity index (χ2v) is 43.0. The van der Waals surface area contributed by atoms with E-state index < -0.39 is 65.9 Å². The smallest absolute Gasteiger partial charge is 0.252 e. The number of fused-ring (bicyclic) bond motifs is 10. The average molecular weight is 1790 g/mol. The van der Waals surface area contributed by atoms with Crippen molar-refractivity contribution in [2.24, 2.45) is 0 Å². The highest BCUT2D eigenvalue weighted by Crippen LogP contribution is 2.57. The summed E-state index contributed by atoms with van der Waals surface area (Å²) in [6, 6.07) is 106. The van der Waals surface area contributed by atoms with Crippen LogP contribution in [0.15, 0.2) is 358 Å². The predicted molar refractivity (Wildman–Crippen MR) is 577 cm³/mol. The molecule has 670 valence electrons. The Morgan fingerprint density at radius 2 is 0.540 bits per heavy atom. The van der Waals surface area contributed by atoms with Gasteiger partial charge in [0.05, 0.1) is 50.1 Å². The molecular formula is C126H113BN10. The van der Waals surface area contributed by atoms with Crippen molar-refractivity contribution in [3.05, 3.63) is 391 Å². The summed E-state index contributed by atoms with van der Waals surface area (Å²) in [6.07, 6.45) is 0. The number of nitrogens with zero attached hydrogens (tertiary/aromatic N) is 10. The minimum absolute atomic E-state index is 0.0599. The lowest BCUT2D eigenvalue weighted by atomic mass is 9.33. The maximum absolute atomic E-state index is 10.6. The van der Waals surface area contributed by atoms with Gasteiger partial charge in [-0.1, -0.05) is 391 Å². The molecule has 0 amide bonds. The molecule has 0 unspecified atom stereocenters. The lowest BCUT2D eigenvalue weighted by Gasteiger charge is -2.46. The van der Waals surface area contributed by atoms with Crippen LogP contribution in [0.25, 0.3) is 157 Å². The third-order valence-electron chi connectivity index (χ3n) is 27.5. The van der Waals surface area contributed by atoms with Crippen LogP contribution in [-0.4, -0.2) is 45.8 Å². The fraction of sp³-hybridized carbons (Fsp3) is 0.190. The minimum Gasteiger partial charge on any atom is -0.310 e. The van der Waals surface area contributed by atoms with Crippen molar-refractivity contribution >= 4 is 101 Å². The number of hydrogen-bond acceptors (Lipinski definition) is 8. The molecule has 137 heavy (non-hydrogen) atoms. The summed E-state index contributed by atoms with van der Waals surface area (Å²) in [5.74, 6) is 2.49. The van der Waals surface area contributed by atoms with Crippen molar-refractivity contribution < 1.29 is 11.0 Å². The molecule has 0 aliphatic carbocycles. The molecule has 0 spiro atoms. The Bertz CT molecular complexity index is 8410. The molecular weight excluding hydrogens is 1660 g/mol. The van der Waals surface area contributed by atoms with Crippen LogP contribution in [0, 0.1) is 0 Å². The fourth-order valence-electron chi connectivity index (χ4n) is 20.0. The van der Waals surface area contributed by atoms with Gasteiger partial charge in [-0.05, 0) is 195 Å². The highest BCUT2D eigenvalue weighted by Gasteiger charge is 2.47. The zero-order chi connectivity index (χ0) is 102. The zero-order valence-corrected chi connectivity index (χ0v) is 81.0. The molecule has 0 radical (unpaired) electrons. The maximum atomic E-state index is 10.6. The van der Waals surface area contributed by atoms with Gasteiger partial charge in [-0.15, -0.1) is 0 Å². The number of anilines is 6.